The van der Waals surface area contributed by atoms with Crippen LogP contribution in [-0.2, 0) is 12.8 Å². The van der Waals surface area contributed by atoms with Crippen molar-refractivity contribution in [1.82, 2.24) is 5.32 Å². The van der Waals surface area contributed by atoms with E-state index in [9.17, 15) is 9.18 Å². The van der Waals surface area contributed by atoms with Gasteiger partial charge in [-0.3, -0.25) is 4.79 Å². The van der Waals surface area contributed by atoms with Crippen LogP contribution in [0.3, 0.4) is 0 Å². The maximum atomic E-state index is 13.1. The van der Waals surface area contributed by atoms with Crippen molar-refractivity contribution in [2.45, 2.75) is 32.7 Å². The van der Waals surface area contributed by atoms with Crippen molar-refractivity contribution in [3.63, 3.8) is 0 Å². The fourth-order valence-electron chi connectivity index (χ4n) is 3.67. The number of halogens is 1. The van der Waals surface area contributed by atoms with Crippen LogP contribution < -0.4 is 5.32 Å². The highest BCUT2D eigenvalue weighted by atomic mass is 19.1. The Morgan fingerprint density at radius 3 is 2.28 bits per heavy atom. The number of fused-ring (bicyclic) bond motifs is 1. The number of rotatable bonds is 3. The van der Waals surface area contributed by atoms with Crippen LogP contribution in [0.1, 0.15) is 40.9 Å². The summed E-state index contributed by atoms with van der Waals surface area (Å²) in [4.78, 5) is 12.6. The van der Waals surface area contributed by atoms with Crippen molar-refractivity contribution in [1.29, 1.82) is 5.26 Å². The Balaban J connectivity index is 0.00000240. The van der Waals surface area contributed by atoms with Crippen molar-refractivity contribution in [2.75, 3.05) is 0 Å². The molecule has 0 spiro atoms. The molecule has 4 heteroatoms. The third-order valence-corrected chi connectivity index (χ3v) is 5.22. The predicted octanol–water partition coefficient (Wildman–Crippen LogP) is 5.29. The third kappa shape index (κ3) is 4.52. The first kappa shape index (κ1) is 20.3. The zero-order valence-electron chi connectivity index (χ0n) is 15.3. The summed E-state index contributed by atoms with van der Waals surface area (Å²) < 4.78 is 13.1. The summed E-state index contributed by atoms with van der Waals surface area (Å²) in [5.41, 5.74) is 5.54. The number of benzene rings is 3. The lowest BCUT2D eigenvalue weighted by atomic mass is 9.87. The molecule has 1 atom stereocenters. The molecule has 0 bridgehead atoms. The number of carbonyl (C=O) groups is 1. The maximum absolute atomic E-state index is 13.1. The molecule has 3 nitrogen and oxygen atoms in total. The number of amides is 1. The largest absolute Gasteiger partial charge is 0.349 e. The average molecular weight is 386 g/mol. The second-order valence-electron chi connectivity index (χ2n) is 7.09. The summed E-state index contributed by atoms with van der Waals surface area (Å²) in [5, 5.41) is 12.1. The minimum absolute atomic E-state index is 0. The molecule has 0 fully saturated rings. The van der Waals surface area contributed by atoms with Crippen LogP contribution in [0.5, 0.6) is 0 Å². The van der Waals surface area contributed by atoms with Crippen molar-refractivity contribution in [3.8, 4) is 17.2 Å². The molecule has 1 N–H and O–H groups in total. The van der Waals surface area contributed by atoms with E-state index in [2.05, 4.69) is 11.4 Å². The fraction of sp³-hybridized carbons (Fsp3) is 0.200. The zero-order chi connectivity index (χ0) is 19.5. The minimum Gasteiger partial charge on any atom is -0.349 e. The number of nitriles is 1. The molecule has 1 unspecified atom stereocenters. The van der Waals surface area contributed by atoms with Crippen LogP contribution >= 0.6 is 0 Å². The average Bonchev–Trinajstić information content (AvgIpc) is 2.74. The number of carbonyl (C=O) groups excluding carboxylic acids is 1. The molecule has 1 aliphatic rings. The van der Waals surface area contributed by atoms with Crippen LogP contribution in [0, 0.1) is 17.1 Å². The summed E-state index contributed by atoms with van der Waals surface area (Å²) >= 11 is 0. The second-order valence-corrected chi connectivity index (χ2v) is 7.09. The first-order chi connectivity index (χ1) is 13.6. The summed E-state index contributed by atoms with van der Waals surface area (Å²) in [7, 11) is 0. The summed E-state index contributed by atoms with van der Waals surface area (Å²) in [6.07, 6.45) is 2.50. The van der Waals surface area contributed by atoms with Crippen molar-refractivity contribution < 1.29 is 9.18 Å². The number of aryl methyl sites for hydroxylation is 1. The molecule has 3 aromatic carbocycles. The van der Waals surface area contributed by atoms with E-state index in [1.54, 1.807) is 24.3 Å². The predicted molar refractivity (Wildman–Crippen MR) is 113 cm³/mol. The molecule has 146 valence electrons. The van der Waals surface area contributed by atoms with Gasteiger partial charge in [-0.15, -0.1) is 0 Å². The third-order valence-electron chi connectivity index (χ3n) is 5.22. The fourth-order valence-corrected chi connectivity index (χ4v) is 3.67. The van der Waals surface area contributed by atoms with Crippen LogP contribution in [0.4, 0.5) is 4.39 Å². The first-order valence-corrected chi connectivity index (χ1v) is 9.31. The molecular weight excluding hydrogens is 363 g/mol. The van der Waals surface area contributed by atoms with Gasteiger partial charge in [-0.2, -0.15) is 5.26 Å². The standard InChI is InChI=1S/C24H19FN2O.CH4/c25-22-10-7-18(8-11-22)17-3-5-19(6-4-17)24(28)27-23-12-9-20-13-16(15-26)1-2-21(20)14-23;/h1-8,10-11,13,23H,9,12,14H2,(H,27,28);1H4. The second kappa shape index (κ2) is 8.70. The Labute approximate surface area is 170 Å². The van der Waals surface area contributed by atoms with Crippen LogP contribution in [0.2, 0.25) is 0 Å². The van der Waals surface area contributed by atoms with Gasteiger partial charge in [-0.05, 0) is 77.9 Å². The molecule has 4 rings (SSSR count). The normalized spacial score (nSPS) is 14.8. The molecule has 1 amide bonds. The number of hydrogen-bond acceptors (Lipinski definition) is 2. The highest BCUT2D eigenvalue weighted by molar-refractivity contribution is 5.94. The smallest absolute Gasteiger partial charge is 0.251 e. The van der Waals surface area contributed by atoms with Crippen molar-refractivity contribution in [2.24, 2.45) is 0 Å². The molecule has 0 saturated carbocycles. The van der Waals surface area contributed by atoms with E-state index >= 15 is 0 Å². The van der Waals surface area contributed by atoms with E-state index in [1.807, 2.05) is 30.3 Å². The number of hydrogen-bond donors (Lipinski definition) is 1. The molecule has 0 aromatic heterocycles. The quantitative estimate of drug-likeness (QED) is 0.665. The van der Waals surface area contributed by atoms with E-state index < -0.39 is 0 Å². The van der Waals surface area contributed by atoms with Crippen LogP contribution in [0.25, 0.3) is 11.1 Å². The van der Waals surface area contributed by atoms with Gasteiger partial charge in [-0.1, -0.05) is 37.8 Å². The van der Waals surface area contributed by atoms with Gasteiger partial charge in [0.15, 0.2) is 0 Å². The summed E-state index contributed by atoms with van der Waals surface area (Å²) in [6, 6.07) is 21.7. The van der Waals surface area contributed by atoms with Crippen molar-refractivity contribution >= 4 is 5.91 Å². The molecule has 3 aromatic rings. The lowest BCUT2D eigenvalue weighted by Gasteiger charge is -2.25. The van der Waals surface area contributed by atoms with Crippen LogP contribution in [-0.4, -0.2) is 11.9 Å². The Hall–Kier alpha value is -3.45. The Bertz CT molecular complexity index is 1050. The number of nitrogens with zero attached hydrogens (tertiary/aromatic N) is 1. The molecule has 29 heavy (non-hydrogen) atoms. The maximum Gasteiger partial charge on any atom is 0.251 e. The summed E-state index contributed by atoms with van der Waals surface area (Å²) in [5.74, 6) is -0.356. The van der Waals surface area contributed by atoms with Gasteiger partial charge in [0.2, 0.25) is 0 Å². The molecule has 0 heterocycles. The zero-order valence-corrected chi connectivity index (χ0v) is 15.3. The molecule has 0 radical (unpaired) electrons. The highest BCUT2D eigenvalue weighted by Gasteiger charge is 2.21. The van der Waals surface area contributed by atoms with Gasteiger partial charge >= 0.3 is 0 Å². The van der Waals surface area contributed by atoms with E-state index in [1.165, 1.54) is 23.3 Å². The lowest BCUT2D eigenvalue weighted by Crippen LogP contribution is -2.38. The van der Waals surface area contributed by atoms with E-state index in [-0.39, 0.29) is 25.2 Å². The molecular formula is C25H23FN2O. The van der Waals surface area contributed by atoms with Gasteiger partial charge in [0.05, 0.1) is 11.6 Å². The monoisotopic (exact) mass is 386 g/mol. The van der Waals surface area contributed by atoms with Gasteiger partial charge < -0.3 is 5.32 Å². The van der Waals surface area contributed by atoms with Crippen LogP contribution in [0.15, 0.2) is 66.7 Å². The topological polar surface area (TPSA) is 52.9 Å². The van der Waals surface area contributed by atoms with Gasteiger partial charge in [0.25, 0.3) is 5.91 Å². The Kier molecular flexibility index (Phi) is 6.09. The number of nitrogens with one attached hydrogen (secondary N) is 1. The van der Waals surface area contributed by atoms with Gasteiger partial charge in [0.1, 0.15) is 5.82 Å². The van der Waals surface area contributed by atoms with E-state index in [0.29, 0.717) is 11.1 Å². The van der Waals surface area contributed by atoms with Gasteiger partial charge in [-0.25, -0.2) is 4.39 Å². The van der Waals surface area contributed by atoms with E-state index in [4.69, 9.17) is 5.26 Å². The van der Waals surface area contributed by atoms with Crippen molar-refractivity contribution in [3.05, 3.63) is 94.8 Å². The minimum atomic E-state index is -0.266. The molecule has 1 aliphatic carbocycles. The SMILES string of the molecule is C.N#Cc1ccc2c(c1)CCC(NC(=O)c1ccc(-c3ccc(F)cc3)cc1)C2. The highest BCUT2D eigenvalue weighted by Crippen LogP contribution is 2.24. The van der Waals surface area contributed by atoms with E-state index in [0.717, 1.165) is 30.4 Å². The lowest BCUT2D eigenvalue weighted by molar-refractivity contribution is 0.0933. The first-order valence-electron chi connectivity index (χ1n) is 9.31. The molecule has 0 saturated heterocycles. The Morgan fingerprint density at radius 1 is 0.966 bits per heavy atom. The summed E-state index contributed by atoms with van der Waals surface area (Å²) in [6.45, 7) is 0. The molecule has 0 aliphatic heterocycles. The van der Waals surface area contributed by atoms with Gasteiger partial charge in [0, 0.05) is 11.6 Å². The Morgan fingerprint density at radius 2 is 1.62 bits per heavy atom.